The minimum Gasteiger partial charge on any atom is -0.143 e. The van der Waals surface area contributed by atoms with Crippen molar-refractivity contribution in [3.63, 3.8) is 0 Å². The quantitative estimate of drug-likeness (QED) is 0.571. The lowest BCUT2D eigenvalue weighted by atomic mass is 10.2. The first-order valence-corrected chi connectivity index (χ1v) is 3.89. The lowest BCUT2D eigenvalue weighted by molar-refractivity contribution is 1.27. The van der Waals surface area contributed by atoms with Gasteiger partial charge in [0.2, 0.25) is 0 Å². The number of rotatable bonds is 0. The third-order valence-electron chi connectivity index (χ3n) is 1.48. The Labute approximate surface area is 71.6 Å². The Bertz CT molecular complexity index is 205. The van der Waals surface area contributed by atoms with E-state index in [0.29, 0.717) is 0 Å². The van der Waals surface area contributed by atoms with E-state index in [-0.39, 0.29) is 0 Å². The van der Waals surface area contributed by atoms with Crippen molar-refractivity contribution < 1.29 is 0 Å². The predicted molar refractivity (Wildman–Crippen MR) is 48.2 cm³/mol. The summed E-state index contributed by atoms with van der Waals surface area (Å²) in [5.41, 5.74) is 2.20. The molecule has 0 radical (unpaired) electrons. The fraction of sp³-hybridized carbons (Fsp3) is 0.250. The van der Waals surface area contributed by atoms with Gasteiger partial charge in [-0.25, -0.2) is 0 Å². The number of hydrogen-bond acceptors (Lipinski definition) is 1. The van der Waals surface area contributed by atoms with Crippen molar-refractivity contribution in [2.45, 2.75) is 18.7 Å². The second-order valence-corrected chi connectivity index (χ2v) is 3.28. The summed E-state index contributed by atoms with van der Waals surface area (Å²) in [6.07, 6.45) is 0. The van der Waals surface area contributed by atoms with Gasteiger partial charge in [-0.3, -0.25) is 0 Å². The third-order valence-corrected chi connectivity index (χ3v) is 2.37. The molecule has 0 heterocycles. The molecule has 0 aromatic heterocycles. The second-order valence-electron chi connectivity index (χ2n) is 2.39. The Kier molecular flexibility index (Phi) is 2.27. The molecular formula is C8H9ClS. The van der Waals surface area contributed by atoms with Crippen LogP contribution in [0.15, 0.2) is 17.0 Å². The molecule has 0 aliphatic rings. The van der Waals surface area contributed by atoms with Gasteiger partial charge in [0.15, 0.2) is 0 Å². The van der Waals surface area contributed by atoms with Crippen LogP contribution in [0.1, 0.15) is 11.1 Å². The van der Waals surface area contributed by atoms with Crippen LogP contribution in [-0.4, -0.2) is 0 Å². The minimum atomic E-state index is 0.815. The summed E-state index contributed by atoms with van der Waals surface area (Å²) in [5, 5.41) is 0.815. The molecule has 1 aromatic rings. The van der Waals surface area contributed by atoms with Gasteiger partial charge in [0.25, 0.3) is 0 Å². The molecule has 0 bridgehead atoms. The zero-order valence-corrected chi connectivity index (χ0v) is 7.63. The van der Waals surface area contributed by atoms with Gasteiger partial charge in [0.1, 0.15) is 0 Å². The fourth-order valence-corrected chi connectivity index (χ4v) is 1.24. The molecule has 0 saturated carbocycles. The van der Waals surface area contributed by atoms with Crippen molar-refractivity contribution in [3.05, 3.63) is 28.3 Å². The van der Waals surface area contributed by atoms with Gasteiger partial charge in [-0.2, -0.15) is 0 Å². The smallest absolute Gasteiger partial charge is 0.0438 e. The molecule has 0 amide bonds. The van der Waals surface area contributed by atoms with Crippen LogP contribution in [-0.2, 0) is 0 Å². The largest absolute Gasteiger partial charge is 0.143 e. The lowest BCUT2D eigenvalue weighted by Crippen LogP contribution is -1.79. The number of halogens is 1. The third kappa shape index (κ3) is 1.47. The summed E-state index contributed by atoms with van der Waals surface area (Å²) in [6.45, 7) is 3.97. The topological polar surface area (TPSA) is 0 Å². The van der Waals surface area contributed by atoms with Crippen LogP contribution in [0.4, 0.5) is 0 Å². The van der Waals surface area contributed by atoms with Gasteiger partial charge in [0.05, 0.1) is 0 Å². The number of thiol groups is 1. The number of aryl methyl sites for hydroxylation is 2. The van der Waals surface area contributed by atoms with Crippen LogP contribution in [0.2, 0.25) is 5.02 Å². The van der Waals surface area contributed by atoms with Crippen LogP contribution >= 0.6 is 24.2 Å². The van der Waals surface area contributed by atoms with Crippen molar-refractivity contribution in [2.75, 3.05) is 0 Å². The standard InChI is InChI=1S/C8H9ClS/c1-5-4-8(10)6(2)3-7(5)9/h3-4,10H,1-2H3. The Morgan fingerprint density at radius 2 is 1.80 bits per heavy atom. The van der Waals surface area contributed by atoms with Crippen LogP contribution in [0, 0.1) is 13.8 Å². The summed E-state index contributed by atoms with van der Waals surface area (Å²) >= 11 is 10.1. The van der Waals surface area contributed by atoms with Gasteiger partial charge in [0, 0.05) is 9.92 Å². The monoisotopic (exact) mass is 172 g/mol. The molecular weight excluding hydrogens is 164 g/mol. The van der Waals surface area contributed by atoms with Gasteiger partial charge < -0.3 is 0 Å². The van der Waals surface area contributed by atoms with E-state index in [0.717, 1.165) is 21.0 Å². The molecule has 0 nitrogen and oxygen atoms in total. The fourth-order valence-electron chi connectivity index (χ4n) is 0.766. The maximum absolute atomic E-state index is 5.85. The highest BCUT2D eigenvalue weighted by atomic mass is 35.5. The van der Waals surface area contributed by atoms with E-state index < -0.39 is 0 Å². The van der Waals surface area contributed by atoms with Crippen molar-refractivity contribution in [3.8, 4) is 0 Å². The predicted octanol–water partition coefficient (Wildman–Crippen LogP) is 3.25. The zero-order valence-electron chi connectivity index (χ0n) is 5.98. The average molecular weight is 173 g/mol. The first-order valence-electron chi connectivity index (χ1n) is 3.07. The molecule has 1 aromatic carbocycles. The Morgan fingerprint density at radius 1 is 1.20 bits per heavy atom. The van der Waals surface area contributed by atoms with E-state index in [2.05, 4.69) is 12.6 Å². The summed E-state index contributed by atoms with van der Waals surface area (Å²) < 4.78 is 0. The van der Waals surface area contributed by atoms with Crippen molar-refractivity contribution in [2.24, 2.45) is 0 Å². The molecule has 10 heavy (non-hydrogen) atoms. The molecule has 0 atom stereocenters. The number of hydrogen-bond donors (Lipinski definition) is 1. The highest BCUT2D eigenvalue weighted by Gasteiger charge is 1.97. The number of benzene rings is 1. The lowest BCUT2D eigenvalue weighted by Gasteiger charge is -2.01. The summed E-state index contributed by atoms with van der Waals surface area (Å²) in [4.78, 5) is 1.00. The van der Waals surface area contributed by atoms with Crippen LogP contribution in [0.3, 0.4) is 0 Å². The van der Waals surface area contributed by atoms with E-state index in [4.69, 9.17) is 11.6 Å². The van der Waals surface area contributed by atoms with Gasteiger partial charge in [-0.05, 0) is 37.1 Å². The normalized spacial score (nSPS) is 10.0. The van der Waals surface area contributed by atoms with Gasteiger partial charge in [-0.1, -0.05) is 11.6 Å². The van der Waals surface area contributed by atoms with Crippen LogP contribution in [0.25, 0.3) is 0 Å². The molecule has 0 aliphatic heterocycles. The van der Waals surface area contributed by atoms with E-state index in [9.17, 15) is 0 Å². The van der Waals surface area contributed by atoms with Crippen molar-refractivity contribution >= 4 is 24.2 Å². The van der Waals surface area contributed by atoms with E-state index in [1.54, 1.807) is 0 Å². The summed E-state index contributed by atoms with van der Waals surface area (Å²) in [5.74, 6) is 0. The molecule has 0 unspecified atom stereocenters. The highest BCUT2D eigenvalue weighted by Crippen LogP contribution is 2.22. The van der Waals surface area contributed by atoms with Gasteiger partial charge >= 0.3 is 0 Å². The maximum atomic E-state index is 5.85. The molecule has 0 saturated heterocycles. The minimum absolute atomic E-state index is 0.815. The highest BCUT2D eigenvalue weighted by molar-refractivity contribution is 7.80. The maximum Gasteiger partial charge on any atom is 0.0438 e. The van der Waals surface area contributed by atoms with Gasteiger partial charge in [-0.15, -0.1) is 12.6 Å². The molecule has 0 fully saturated rings. The Morgan fingerprint density at radius 3 is 2.30 bits per heavy atom. The molecule has 0 aliphatic carbocycles. The van der Waals surface area contributed by atoms with Crippen LogP contribution in [0.5, 0.6) is 0 Å². The molecule has 54 valence electrons. The zero-order chi connectivity index (χ0) is 7.72. The SMILES string of the molecule is Cc1cc(Cl)c(C)cc1S. The van der Waals surface area contributed by atoms with E-state index >= 15 is 0 Å². The summed E-state index contributed by atoms with van der Waals surface area (Å²) in [6, 6.07) is 3.90. The molecule has 2 heteroatoms. The first kappa shape index (κ1) is 7.96. The van der Waals surface area contributed by atoms with E-state index in [1.807, 2.05) is 26.0 Å². The molecule has 0 spiro atoms. The molecule has 1 rings (SSSR count). The average Bonchev–Trinajstić information content (AvgIpc) is 1.84. The van der Waals surface area contributed by atoms with E-state index in [1.165, 1.54) is 0 Å². The Hall–Kier alpha value is -0.140. The molecule has 0 N–H and O–H groups in total. The van der Waals surface area contributed by atoms with Crippen LogP contribution < -0.4 is 0 Å². The Balaban J connectivity index is 3.28. The summed E-state index contributed by atoms with van der Waals surface area (Å²) in [7, 11) is 0. The van der Waals surface area contributed by atoms with Crippen molar-refractivity contribution in [1.82, 2.24) is 0 Å². The second kappa shape index (κ2) is 2.85. The first-order chi connectivity index (χ1) is 4.61. The van der Waals surface area contributed by atoms with Crippen molar-refractivity contribution in [1.29, 1.82) is 0 Å².